The third-order valence-electron chi connectivity index (χ3n) is 4.60. The van der Waals surface area contributed by atoms with E-state index in [0.29, 0.717) is 6.10 Å². The smallest absolute Gasteiger partial charge is 0.161 e. The first-order valence-electron chi connectivity index (χ1n) is 8.97. The average Bonchev–Trinajstić information content (AvgIpc) is 2.59. The Morgan fingerprint density at radius 3 is 2.80 bits per heavy atom. The lowest BCUT2D eigenvalue weighted by Crippen LogP contribution is -2.38. The molecule has 1 aliphatic rings. The van der Waals surface area contributed by atoms with E-state index in [1.54, 1.807) is 6.92 Å². The number of Topliss-reactive ketones (excluding diaryl/α,β-unsaturated/α-hetero) is 1. The zero-order chi connectivity index (χ0) is 18.2. The van der Waals surface area contributed by atoms with Crippen molar-refractivity contribution in [3.63, 3.8) is 0 Å². The summed E-state index contributed by atoms with van der Waals surface area (Å²) in [7, 11) is 2.10. The van der Waals surface area contributed by atoms with Crippen LogP contribution in [-0.2, 0) is 4.74 Å². The van der Waals surface area contributed by atoms with Gasteiger partial charge in [-0.1, -0.05) is 22.0 Å². The normalized spacial score (nSPS) is 15.6. The van der Waals surface area contributed by atoms with Crippen LogP contribution in [0.15, 0.2) is 35.3 Å². The van der Waals surface area contributed by atoms with Crippen LogP contribution >= 0.6 is 15.9 Å². The van der Waals surface area contributed by atoms with Crippen molar-refractivity contribution < 1.29 is 9.53 Å². The van der Waals surface area contributed by atoms with Gasteiger partial charge < -0.3 is 14.5 Å². The second kappa shape index (κ2) is 10.1. The van der Waals surface area contributed by atoms with Crippen molar-refractivity contribution >= 4 is 27.4 Å². The van der Waals surface area contributed by atoms with E-state index in [1.165, 1.54) is 0 Å². The number of likely N-dealkylation sites (N-methyl/N-ethyl adjacent to an activating group) is 1. The number of benzene rings is 1. The molecule has 5 heteroatoms. The Hall–Kier alpha value is -1.17. The van der Waals surface area contributed by atoms with Gasteiger partial charge in [0.05, 0.1) is 6.10 Å². The first-order chi connectivity index (χ1) is 12.0. The number of anilines is 1. The van der Waals surface area contributed by atoms with E-state index in [1.807, 2.05) is 24.3 Å². The molecule has 1 aromatic carbocycles. The Morgan fingerprint density at radius 2 is 2.16 bits per heavy atom. The summed E-state index contributed by atoms with van der Waals surface area (Å²) in [5, 5.41) is 0. The van der Waals surface area contributed by atoms with Gasteiger partial charge in [0.1, 0.15) is 0 Å². The van der Waals surface area contributed by atoms with E-state index in [-0.39, 0.29) is 5.78 Å². The van der Waals surface area contributed by atoms with Gasteiger partial charge in [-0.05, 0) is 51.4 Å². The van der Waals surface area contributed by atoms with Crippen LogP contribution in [-0.4, -0.2) is 56.6 Å². The highest BCUT2D eigenvalue weighted by Gasteiger charge is 2.22. The molecule has 0 aromatic heterocycles. The van der Waals surface area contributed by atoms with Crippen molar-refractivity contribution in [2.45, 2.75) is 32.3 Å². The standard InChI is InChI=1S/C20H29BrN2O2/c1-4-10-22(3)11-5-14-25-18-8-12-23(13-9-18)20-15-17(21)6-7-19(20)16(2)24/h4,6-7,15,18H,1,5,8-14H2,2-3H3. The summed E-state index contributed by atoms with van der Waals surface area (Å²) in [6, 6.07) is 5.89. The number of nitrogens with zero attached hydrogens (tertiary/aromatic N) is 2. The number of piperidine rings is 1. The van der Waals surface area contributed by atoms with Crippen LogP contribution in [0.25, 0.3) is 0 Å². The molecule has 0 bridgehead atoms. The molecule has 1 aromatic rings. The molecule has 0 N–H and O–H groups in total. The van der Waals surface area contributed by atoms with E-state index in [0.717, 1.165) is 67.8 Å². The van der Waals surface area contributed by atoms with Crippen molar-refractivity contribution in [3.05, 3.63) is 40.9 Å². The zero-order valence-electron chi connectivity index (χ0n) is 15.3. The number of halogens is 1. The van der Waals surface area contributed by atoms with Crippen molar-refractivity contribution in [1.29, 1.82) is 0 Å². The van der Waals surface area contributed by atoms with Crippen molar-refractivity contribution in [3.8, 4) is 0 Å². The lowest BCUT2D eigenvalue weighted by atomic mass is 10.0. The largest absolute Gasteiger partial charge is 0.378 e. The van der Waals surface area contributed by atoms with E-state index in [4.69, 9.17) is 4.74 Å². The minimum absolute atomic E-state index is 0.115. The highest BCUT2D eigenvalue weighted by atomic mass is 79.9. The number of carbonyl (C=O) groups is 1. The fraction of sp³-hybridized carbons (Fsp3) is 0.550. The third-order valence-corrected chi connectivity index (χ3v) is 5.09. The molecule has 0 saturated carbocycles. The van der Waals surface area contributed by atoms with Crippen molar-refractivity contribution in [2.24, 2.45) is 0 Å². The predicted molar refractivity (Wildman–Crippen MR) is 108 cm³/mol. The van der Waals surface area contributed by atoms with Gasteiger partial charge in [-0.2, -0.15) is 0 Å². The summed E-state index contributed by atoms with van der Waals surface area (Å²) in [5.41, 5.74) is 1.83. The lowest BCUT2D eigenvalue weighted by molar-refractivity contribution is 0.0329. The van der Waals surface area contributed by atoms with Crippen molar-refractivity contribution in [1.82, 2.24) is 4.90 Å². The maximum absolute atomic E-state index is 11.9. The Labute approximate surface area is 160 Å². The van der Waals surface area contributed by atoms with Gasteiger partial charge in [0.25, 0.3) is 0 Å². The van der Waals surface area contributed by atoms with Gasteiger partial charge in [-0.25, -0.2) is 0 Å². The van der Waals surface area contributed by atoms with Gasteiger partial charge in [-0.15, -0.1) is 6.58 Å². The Bertz CT molecular complexity index is 583. The van der Waals surface area contributed by atoms with Crippen LogP contribution in [0.4, 0.5) is 5.69 Å². The van der Waals surface area contributed by atoms with E-state index in [9.17, 15) is 4.79 Å². The van der Waals surface area contributed by atoms with Gasteiger partial charge in [0.15, 0.2) is 5.78 Å². The molecule has 1 saturated heterocycles. The first kappa shape index (κ1) is 20.1. The molecule has 25 heavy (non-hydrogen) atoms. The monoisotopic (exact) mass is 408 g/mol. The molecule has 1 fully saturated rings. The fourth-order valence-electron chi connectivity index (χ4n) is 3.22. The minimum Gasteiger partial charge on any atom is -0.378 e. The highest BCUT2D eigenvalue weighted by molar-refractivity contribution is 9.10. The lowest BCUT2D eigenvalue weighted by Gasteiger charge is -2.34. The third kappa shape index (κ3) is 6.24. The molecule has 0 unspecified atom stereocenters. The average molecular weight is 409 g/mol. The molecule has 1 aliphatic heterocycles. The van der Waals surface area contributed by atoms with Gasteiger partial charge in [-0.3, -0.25) is 4.79 Å². The molecular weight excluding hydrogens is 380 g/mol. The molecule has 1 heterocycles. The molecule has 0 amide bonds. The van der Waals surface area contributed by atoms with Gasteiger partial charge in [0.2, 0.25) is 0 Å². The highest BCUT2D eigenvalue weighted by Crippen LogP contribution is 2.28. The number of ketones is 1. The quantitative estimate of drug-likeness (QED) is 0.349. The van der Waals surface area contributed by atoms with E-state index < -0.39 is 0 Å². The summed E-state index contributed by atoms with van der Waals surface area (Å²) in [6.45, 7) is 10.0. The number of hydrogen-bond donors (Lipinski definition) is 0. The molecular formula is C20H29BrN2O2. The summed E-state index contributed by atoms with van der Waals surface area (Å²) < 4.78 is 7.05. The topological polar surface area (TPSA) is 32.8 Å². The SMILES string of the molecule is C=CCN(C)CCCOC1CCN(c2cc(Br)ccc2C(C)=O)CC1. The summed E-state index contributed by atoms with van der Waals surface area (Å²) in [6.07, 6.45) is 5.31. The molecule has 0 atom stereocenters. The fourth-order valence-corrected chi connectivity index (χ4v) is 3.57. The molecule has 0 aliphatic carbocycles. The van der Waals surface area contributed by atoms with E-state index in [2.05, 4.69) is 39.4 Å². The van der Waals surface area contributed by atoms with Gasteiger partial charge >= 0.3 is 0 Å². The van der Waals surface area contributed by atoms with Gasteiger partial charge in [0, 0.05) is 48.5 Å². The minimum atomic E-state index is 0.115. The Kier molecular flexibility index (Phi) is 8.13. The van der Waals surface area contributed by atoms with Crippen molar-refractivity contribution in [2.75, 3.05) is 44.7 Å². The van der Waals surface area contributed by atoms with Crippen LogP contribution in [0.3, 0.4) is 0 Å². The number of hydrogen-bond acceptors (Lipinski definition) is 4. The number of carbonyl (C=O) groups excluding carboxylic acids is 1. The maximum atomic E-state index is 11.9. The maximum Gasteiger partial charge on any atom is 0.161 e. The second-order valence-electron chi connectivity index (χ2n) is 6.68. The van der Waals surface area contributed by atoms with Crippen LogP contribution in [0.1, 0.15) is 36.5 Å². The molecule has 2 rings (SSSR count). The molecule has 138 valence electrons. The van der Waals surface area contributed by atoms with E-state index >= 15 is 0 Å². The first-order valence-corrected chi connectivity index (χ1v) is 9.77. The Balaban J connectivity index is 1.79. The molecule has 0 spiro atoms. The molecule has 0 radical (unpaired) electrons. The summed E-state index contributed by atoms with van der Waals surface area (Å²) >= 11 is 3.52. The summed E-state index contributed by atoms with van der Waals surface area (Å²) in [5.74, 6) is 0.115. The molecule has 4 nitrogen and oxygen atoms in total. The summed E-state index contributed by atoms with van der Waals surface area (Å²) in [4.78, 5) is 16.4. The number of ether oxygens (including phenoxy) is 1. The predicted octanol–water partition coefficient (Wildman–Crippen LogP) is 4.15. The van der Waals surface area contributed by atoms with Crippen LogP contribution in [0, 0.1) is 0 Å². The zero-order valence-corrected chi connectivity index (χ0v) is 16.9. The van der Waals surface area contributed by atoms with Crippen LogP contribution < -0.4 is 4.90 Å². The Morgan fingerprint density at radius 1 is 1.44 bits per heavy atom. The second-order valence-corrected chi connectivity index (χ2v) is 7.60. The number of rotatable bonds is 9. The van der Waals surface area contributed by atoms with Crippen LogP contribution in [0.2, 0.25) is 0 Å². The van der Waals surface area contributed by atoms with Crippen LogP contribution in [0.5, 0.6) is 0 Å².